The second kappa shape index (κ2) is 9.22. The monoisotopic (exact) mass is 434 g/mol. The summed E-state index contributed by atoms with van der Waals surface area (Å²) in [4.78, 5) is 30.1. The topological polar surface area (TPSA) is 73.9 Å². The fourth-order valence-electron chi connectivity index (χ4n) is 4.91. The summed E-state index contributed by atoms with van der Waals surface area (Å²) < 4.78 is 5.75. The first kappa shape index (κ1) is 21.6. The van der Waals surface area contributed by atoms with Gasteiger partial charge >= 0.3 is 0 Å². The molecule has 0 bridgehead atoms. The van der Waals surface area contributed by atoms with Crippen LogP contribution in [0.3, 0.4) is 0 Å². The number of hydrogen-bond acceptors (Lipinski definition) is 5. The number of nitrogens with zero attached hydrogens (tertiary/aromatic N) is 2. The second-order valence-corrected chi connectivity index (χ2v) is 9.20. The SMILES string of the molecule is CC1CN(C(=O)C2CCN(C(=O)C3CNNC3c3ccc(Cl)cc3)CC2)CC(C)O1. The molecule has 0 aliphatic carbocycles. The number of ether oxygens (including phenoxy) is 1. The van der Waals surface area contributed by atoms with Crippen LogP contribution in [0.15, 0.2) is 24.3 Å². The Morgan fingerprint density at radius 2 is 1.63 bits per heavy atom. The molecule has 1 aromatic carbocycles. The maximum Gasteiger partial charge on any atom is 0.229 e. The third kappa shape index (κ3) is 4.64. The van der Waals surface area contributed by atoms with Crippen molar-refractivity contribution < 1.29 is 14.3 Å². The van der Waals surface area contributed by atoms with Crippen LogP contribution < -0.4 is 10.9 Å². The number of amides is 2. The first-order valence-electron chi connectivity index (χ1n) is 10.9. The van der Waals surface area contributed by atoms with Gasteiger partial charge in [0.15, 0.2) is 0 Å². The van der Waals surface area contributed by atoms with Crippen LogP contribution in [0.4, 0.5) is 0 Å². The smallest absolute Gasteiger partial charge is 0.229 e. The van der Waals surface area contributed by atoms with Gasteiger partial charge in [0.05, 0.1) is 24.2 Å². The Kier molecular flexibility index (Phi) is 6.63. The molecular weight excluding hydrogens is 404 g/mol. The number of hydrogen-bond donors (Lipinski definition) is 2. The molecule has 3 aliphatic heterocycles. The predicted molar refractivity (Wildman–Crippen MR) is 115 cm³/mol. The van der Waals surface area contributed by atoms with Gasteiger partial charge in [0.1, 0.15) is 0 Å². The zero-order valence-electron chi connectivity index (χ0n) is 17.6. The van der Waals surface area contributed by atoms with Gasteiger partial charge in [-0.05, 0) is 44.4 Å². The molecule has 2 amide bonds. The van der Waals surface area contributed by atoms with E-state index >= 15 is 0 Å². The first-order valence-corrected chi connectivity index (χ1v) is 11.3. The lowest BCUT2D eigenvalue weighted by molar-refractivity contribution is -0.150. The number of carbonyl (C=O) groups excluding carboxylic acids is 2. The van der Waals surface area contributed by atoms with Crippen LogP contribution in [0.1, 0.15) is 38.3 Å². The Labute approximate surface area is 183 Å². The Bertz CT molecular complexity index is 756. The zero-order chi connectivity index (χ0) is 21.3. The largest absolute Gasteiger partial charge is 0.372 e. The average Bonchev–Trinajstić information content (AvgIpc) is 3.22. The quantitative estimate of drug-likeness (QED) is 0.761. The molecule has 8 heteroatoms. The van der Waals surface area contributed by atoms with E-state index in [9.17, 15) is 9.59 Å². The molecule has 3 fully saturated rings. The fraction of sp³-hybridized carbons (Fsp3) is 0.636. The van der Waals surface area contributed by atoms with Gasteiger partial charge in [0, 0.05) is 43.7 Å². The normalized spacial score (nSPS) is 30.5. The number of rotatable bonds is 3. The van der Waals surface area contributed by atoms with E-state index in [1.165, 1.54) is 0 Å². The molecule has 3 saturated heterocycles. The highest BCUT2D eigenvalue weighted by Crippen LogP contribution is 2.30. The molecule has 4 rings (SSSR count). The highest BCUT2D eigenvalue weighted by atomic mass is 35.5. The van der Waals surface area contributed by atoms with Crippen LogP contribution >= 0.6 is 11.6 Å². The van der Waals surface area contributed by atoms with E-state index in [1.54, 1.807) is 0 Å². The lowest BCUT2D eigenvalue weighted by Crippen LogP contribution is -2.52. The Morgan fingerprint density at radius 1 is 1.00 bits per heavy atom. The minimum absolute atomic E-state index is 0.00144. The minimum atomic E-state index is -0.167. The minimum Gasteiger partial charge on any atom is -0.372 e. The lowest BCUT2D eigenvalue weighted by atomic mass is 9.90. The number of morpholine rings is 1. The summed E-state index contributed by atoms with van der Waals surface area (Å²) in [7, 11) is 0. The van der Waals surface area contributed by atoms with Crippen molar-refractivity contribution in [3.05, 3.63) is 34.9 Å². The third-order valence-corrected chi connectivity index (χ3v) is 6.67. The molecule has 0 radical (unpaired) electrons. The number of likely N-dealkylation sites (tertiary alicyclic amines) is 1. The van der Waals surface area contributed by atoms with Gasteiger partial charge in [-0.2, -0.15) is 0 Å². The summed E-state index contributed by atoms with van der Waals surface area (Å²) in [6, 6.07) is 7.54. The van der Waals surface area contributed by atoms with Gasteiger partial charge in [-0.1, -0.05) is 23.7 Å². The standard InChI is InChI=1S/C22H31ClN4O3/c1-14-12-27(13-15(2)30-14)21(28)17-7-9-26(10-8-17)22(29)19-11-24-25-20(19)16-3-5-18(23)6-4-16/h3-6,14-15,17,19-20,24-25H,7-13H2,1-2H3. The van der Waals surface area contributed by atoms with E-state index in [1.807, 2.05) is 47.9 Å². The van der Waals surface area contributed by atoms with E-state index in [-0.39, 0.29) is 41.9 Å². The maximum atomic E-state index is 13.2. The van der Waals surface area contributed by atoms with Crippen molar-refractivity contribution >= 4 is 23.4 Å². The van der Waals surface area contributed by atoms with Crippen molar-refractivity contribution in [1.82, 2.24) is 20.7 Å². The number of hydrazine groups is 1. The summed E-state index contributed by atoms with van der Waals surface area (Å²) in [6.45, 7) is 7.20. The third-order valence-electron chi connectivity index (χ3n) is 6.42. The van der Waals surface area contributed by atoms with Crippen LogP contribution in [-0.2, 0) is 14.3 Å². The van der Waals surface area contributed by atoms with Gasteiger partial charge < -0.3 is 14.5 Å². The van der Waals surface area contributed by atoms with Crippen molar-refractivity contribution in [3.8, 4) is 0 Å². The Morgan fingerprint density at radius 3 is 2.27 bits per heavy atom. The van der Waals surface area contributed by atoms with Crippen molar-refractivity contribution in [2.24, 2.45) is 11.8 Å². The lowest BCUT2D eigenvalue weighted by Gasteiger charge is -2.39. The highest BCUT2D eigenvalue weighted by Gasteiger charge is 2.39. The Hall–Kier alpha value is -1.67. The van der Waals surface area contributed by atoms with Crippen LogP contribution in [0.5, 0.6) is 0 Å². The van der Waals surface area contributed by atoms with Crippen molar-refractivity contribution in [3.63, 3.8) is 0 Å². The molecule has 1 aromatic rings. The zero-order valence-corrected chi connectivity index (χ0v) is 18.4. The molecule has 0 spiro atoms. The number of piperidine rings is 1. The highest BCUT2D eigenvalue weighted by molar-refractivity contribution is 6.30. The molecule has 0 aromatic heterocycles. The van der Waals surface area contributed by atoms with Gasteiger partial charge in [-0.3, -0.25) is 15.0 Å². The molecule has 0 saturated carbocycles. The summed E-state index contributed by atoms with van der Waals surface area (Å²) >= 11 is 6.00. The summed E-state index contributed by atoms with van der Waals surface area (Å²) in [5.74, 6) is 0.192. The molecule has 2 N–H and O–H groups in total. The van der Waals surface area contributed by atoms with E-state index in [0.717, 1.165) is 18.4 Å². The molecular formula is C22H31ClN4O3. The van der Waals surface area contributed by atoms with E-state index in [0.29, 0.717) is 37.7 Å². The van der Waals surface area contributed by atoms with Crippen LogP contribution in [0, 0.1) is 11.8 Å². The number of carbonyl (C=O) groups is 2. The molecule has 4 unspecified atom stereocenters. The van der Waals surface area contributed by atoms with Crippen LogP contribution in [0.25, 0.3) is 0 Å². The average molecular weight is 435 g/mol. The van der Waals surface area contributed by atoms with Gasteiger partial charge in [0.25, 0.3) is 0 Å². The first-order chi connectivity index (χ1) is 14.4. The molecule has 164 valence electrons. The van der Waals surface area contributed by atoms with Gasteiger partial charge in [0.2, 0.25) is 11.8 Å². The fourth-order valence-corrected chi connectivity index (χ4v) is 5.04. The van der Waals surface area contributed by atoms with E-state index in [4.69, 9.17) is 16.3 Å². The molecule has 3 aliphatic rings. The van der Waals surface area contributed by atoms with Crippen LogP contribution in [-0.4, -0.2) is 66.5 Å². The number of halogens is 1. The molecule has 3 heterocycles. The van der Waals surface area contributed by atoms with Crippen molar-refractivity contribution in [2.75, 3.05) is 32.7 Å². The van der Waals surface area contributed by atoms with Crippen LogP contribution in [0.2, 0.25) is 5.02 Å². The summed E-state index contributed by atoms with van der Waals surface area (Å²) in [6.07, 6.45) is 1.60. The maximum absolute atomic E-state index is 13.2. The molecule has 4 atom stereocenters. The number of benzene rings is 1. The Balaban J connectivity index is 1.34. The van der Waals surface area contributed by atoms with Gasteiger partial charge in [-0.15, -0.1) is 0 Å². The molecule has 7 nitrogen and oxygen atoms in total. The van der Waals surface area contributed by atoms with E-state index in [2.05, 4.69) is 10.9 Å². The number of nitrogens with one attached hydrogen (secondary N) is 2. The van der Waals surface area contributed by atoms with Crippen molar-refractivity contribution in [2.45, 2.75) is 44.9 Å². The predicted octanol–water partition coefficient (Wildman–Crippen LogP) is 1.98. The van der Waals surface area contributed by atoms with Crippen molar-refractivity contribution in [1.29, 1.82) is 0 Å². The van der Waals surface area contributed by atoms with Gasteiger partial charge in [-0.25, -0.2) is 5.43 Å². The second-order valence-electron chi connectivity index (χ2n) is 8.76. The summed E-state index contributed by atoms with van der Waals surface area (Å²) in [5, 5.41) is 0.684. The summed E-state index contributed by atoms with van der Waals surface area (Å²) in [5.41, 5.74) is 7.40. The van der Waals surface area contributed by atoms with E-state index < -0.39 is 0 Å². The molecule has 30 heavy (non-hydrogen) atoms.